The number of nitrogens with zero attached hydrogens (tertiary/aromatic N) is 1. The van der Waals surface area contributed by atoms with Gasteiger partial charge in [0.05, 0.1) is 25.8 Å². The Morgan fingerprint density at radius 2 is 1.62 bits per heavy atom. The molecule has 5 rings (SSSR count). The summed E-state index contributed by atoms with van der Waals surface area (Å²) in [6.07, 6.45) is 0. The standard InChI is InChI=1S/C27H31N3O2/c1-4-32-22-13-14-25-23(15-22)27-24(17-30(25)16-19-7-5-18(2)6-8-19)26(28-29-27)20-9-11-21(31-3)12-10-20/h5-15,24,26-29H,4,16-17H2,1-3H3. The number of fused-ring (bicyclic) bond motifs is 3. The average molecular weight is 430 g/mol. The second-order valence-electron chi connectivity index (χ2n) is 8.70. The molecule has 1 fully saturated rings. The molecule has 3 aromatic rings. The average Bonchev–Trinajstić information content (AvgIpc) is 3.25. The Morgan fingerprint density at radius 1 is 0.906 bits per heavy atom. The van der Waals surface area contributed by atoms with E-state index in [9.17, 15) is 0 Å². The number of methoxy groups -OCH3 is 1. The number of hydrogen-bond donors (Lipinski definition) is 2. The molecule has 2 aliphatic heterocycles. The quantitative estimate of drug-likeness (QED) is 0.582. The maximum atomic E-state index is 5.84. The van der Waals surface area contributed by atoms with E-state index < -0.39 is 0 Å². The number of nitrogens with one attached hydrogen (secondary N) is 2. The van der Waals surface area contributed by atoms with E-state index in [-0.39, 0.29) is 12.1 Å². The molecule has 3 unspecified atom stereocenters. The van der Waals surface area contributed by atoms with Crippen molar-refractivity contribution < 1.29 is 9.47 Å². The van der Waals surface area contributed by atoms with Crippen LogP contribution >= 0.6 is 0 Å². The number of anilines is 1. The third-order valence-corrected chi connectivity index (χ3v) is 6.64. The third-order valence-electron chi connectivity index (χ3n) is 6.64. The summed E-state index contributed by atoms with van der Waals surface area (Å²) in [4.78, 5) is 2.52. The van der Waals surface area contributed by atoms with Crippen molar-refractivity contribution in [3.8, 4) is 11.5 Å². The van der Waals surface area contributed by atoms with E-state index in [1.54, 1.807) is 7.11 Å². The van der Waals surface area contributed by atoms with E-state index in [0.29, 0.717) is 12.5 Å². The number of rotatable bonds is 6. The van der Waals surface area contributed by atoms with Gasteiger partial charge < -0.3 is 14.4 Å². The fraction of sp³-hybridized carbons (Fsp3) is 0.333. The van der Waals surface area contributed by atoms with Gasteiger partial charge in [-0.05, 0) is 60.9 Å². The second-order valence-corrected chi connectivity index (χ2v) is 8.70. The Kier molecular flexibility index (Phi) is 5.77. The predicted molar refractivity (Wildman–Crippen MR) is 128 cm³/mol. The summed E-state index contributed by atoms with van der Waals surface area (Å²) in [6, 6.07) is 24.2. The summed E-state index contributed by atoms with van der Waals surface area (Å²) in [5.41, 5.74) is 13.6. The highest BCUT2D eigenvalue weighted by atomic mass is 16.5. The first kappa shape index (κ1) is 20.9. The van der Waals surface area contributed by atoms with Crippen molar-refractivity contribution >= 4 is 5.69 Å². The van der Waals surface area contributed by atoms with Gasteiger partial charge in [0.15, 0.2) is 0 Å². The Morgan fingerprint density at radius 3 is 2.34 bits per heavy atom. The normalized spacial score (nSPS) is 21.7. The van der Waals surface area contributed by atoms with Gasteiger partial charge in [0.1, 0.15) is 11.5 Å². The lowest BCUT2D eigenvalue weighted by molar-refractivity contribution is 0.337. The molecule has 1 saturated heterocycles. The van der Waals surface area contributed by atoms with Gasteiger partial charge in [-0.1, -0.05) is 42.0 Å². The molecule has 3 atom stereocenters. The minimum atomic E-state index is 0.218. The van der Waals surface area contributed by atoms with Crippen LogP contribution in [0.1, 0.15) is 41.3 Å². The van der Waals surface area contributed by atoms with Crippen LogP contribution in [0.15, 0.2) is 66.7 Å². The summed E-state index contributed by atoms with van der Waals surface area (Å²) in [5.74, 6) is 2.20. The first-order chi connectivity index (χ1) is 15.7. The van der Waals surface area contributed by atoms with Gasteiger partial charge in [-0.15, -0.1) is 0 Å². The zero-order valence-corrected chi connectivity index (χ0v) is 19.0. The molecule has 0 bridgehead atoms. The van der Waals surface area contributed by atoms with E-state index in [0.717, 1.165) is 24.6 Å². The minimum absolute atomic E-state index is 0.218. The minimum Gasteiger partial charge on any atom is -0.497 e. The van der Waals surface area contributed by atoms with E-state index >= 15 is 0 Å². The number of hydrogen-bond acceptors (Lipinski definition) is 5. The second kappa shape index (κ2) is 8.85. The fourth-order valence-corrected chi connectivity index (χ4v) is 4.99. The van der Waals surface area contributed by atoms with Crippen LogP contribution in [0.3, 0.4) is 0 Å². The number of benzene rings is 3. The predicted octanol–water partition coefficient (Wildman–Crippen LogP) is 4.93. The summed E-state index contributed by atoms with van der Waals surface area (Å²) >= 11 is 0. The van der Waals surface area contributed by atoms with Crippen LogP contribution in [0.5, 0.6) is 11.5 Å². The molecule has 0 spiro atoms. The molecule has 5 nitrogen and oxygen atoms in total. The molecular weight excluding hydrogens is 398 g/mol. The number of hydrazine groups is 1. The van der Waals surface area contributed by atoms with Gasteiger partial charge in [0, 0.05) is 24.7 Å². The van der Waals surface area contributed by atoms with Gasteiger partial charge in [-0.25, -0.2) is 10.9 Å². The van der Waals surface area contributed by atoms with E-state index in [2.05, 4.69) is 77.3 Å². The van der Waals surface area contributed by atoms with Crippen LogP contribution in [0.25, 0.3) is 0 Å². The van der Waals surface area contributed by atoms with Gasteiger partial charge in [-0.2, -0.15) is 0 Å². The molecule has 0 saturated carbocycles. The highest BCUT2D eigenvalue weighted by molar-refractivity contribution is 5.61. The summed E-state index contributed by atoms with van der Waals surface area (Å²) in [5, 5.41) is 0. The van der Waals surface area contributed by atoms with E-state index in [1.807, 2.05) is 19.1 Å². The molecule has 5 heteroatoms. The van der Waals surface area contributed by atoms with Crippen molar-refractivity contribution in [2.45, 2.75) is 32.5 Å². The molecule has 2 N–H and O–H groups in total. The van der Waals surface area contributed by atoms with Gasteiger partial charge in [0.2, 0.25) is 0 Å². The maximum Gasteiger partial charge on any atom is 0.119 e. The van der Waals surface area contributed by atoms with Crippen LogP contribution in [-0.4, -0.2) is 20.3 Å². The number of ether oxygens (including phenoxy) is 2. The van der Waals surface area contributed by atoms with Crippen LogP contribution in [0.4, 0.5) is 5.69 Å². The van der Waals surface area contributed by atoms with Crippen molar-refractivity contribution in [1.29, 1.82) is 0 Å². The molecule has 166 valence electrons. The number of aryl methyl sites for hydroxylation is 1. The zero-order chi connectivity index (χ0) is 22.1. The molecule has 32 heavy (non-hydrogen) atoms. The Hall–Kier alpha value is -3.02. The third kappa shape index (κ3) is 3.94. The van der Waals surface area contributed by atoms with Crippen molar-refractivity contribution in [3.05, 3.63) is 89.0 Å². The van der Waals surface area contributed by atoms with Crippen molar-refractivity contribution in [3.63, 3.8) is 0 Å². The topological polar surface area (TPSA) is 45.8 Å². The highest BCUT2D eigenvalue weighted by Gasteiger charge is 2.43. The molecule has 0 amide bonds. The lowest BCUT2D eigenvalue weighted by atomic mass is 9.82. The van der Waals surface area contributed by atoms with Gasteiger partial charge >= 0.3 is 0 Å². The van der Waals surface area contributed by atoms with Crippen LogP contribution in [0.2, 0.25) is 0 Å². The van der Waals surface area contributed by atoms with Crippen molar-refractivity contribution in [2.75, 3.05) is 25.2 Å². The smallest absolute Gasteiger partial charge is 0.119 e. The van der Waals surface area contributed by atoms with Crippen molar-refractivity contribution in [2.24, 2.45) is 5.92 Å². The molecule has 0 aromatic heterocycles. The van der Waals surface area contributed by atoms with Gasteiger partial charge in [-0.3, -0.25) is 0 Å². The molecule has 3 aromatic carbocycles. The first-order valence-electron chi connectivity index (χ1n) is 11.4. The zero-order valence-electron chi connectivity index (χ0n) is 19.0. The summed E-state index contributed by atoms with van der Waals surface area (Å²) < 4.78 is 11.2. The van der Waals surface area contributed by atoms with Crippen LogP contribution in [0, 0.1) is 12.8 Å². The first-order valence-corrected chi connectivity index (χ1v) is 11.4. The molecular formula is C27H31N3O2. The molecule has 0 aliphatic carbocycles. The summed E-state index contributed by atoms with van der Waals surface area (Å²) in [7, 11) is 1.71. The highest BCUT2D eigenvalue weighted by Crippen LogP contribution is 2.46. The van der Waals surface area contributed by atoms with Crippen molar-refractivity contribution in [1.82, 2.24) is 10.9 Å². The SMILES string of the molecule is CCOc1ccc2c(c1)C1NNC(c3ccc(OC)cc3)C1CN2Cc1ccc(C)cc1. The molecule has 0 radical (unpaired) electrons. The molecule has 2 aliphatic rings. The van der Waals surface area contributed by atoms with Crippen LogP contribution in [-0.2, 0) is 6.54 Å². The Bertz CT molecular complexity index is 1070. The lowest BCUT2D eigenvalue weighted by Gasteiger charge is -2.39. The van der Waals surface area contributed by atoms with Gasteiger partial charge in [0.25, 0.3) is 0 Å². The van der Waals surface area contributed by atoms with Crippen LogP contribution < -0.4 is 25.2 Å². The molecule has 2 heterocycles. The van der Waals surface area contributed by atoms with E-state index in [1.165, 1.54) is 27.9 Å². The monoisotopic (exact) mass is 429 g/mol. The Labute approximate surface area is 190 Å². The Balaban J connectivity index is 1.49. The van der Waals surface area contributed by atoms with E-state index in [4.69, 9.17) is 9.47 Å². The fourth-order valence-electron chi connectivity index (χ4n) is 4.99. The summed E-state index contributed by atoms with van der Waals surface area (Å²) in [6.45, 7) is 6.69. The largest absolute Gasteiger partial charge is 0.497 e. The maximum absolute atomic E-state index is 5.84. The lowest BCUT2D eigenvalue weighted by Crippen LogP contribution is -2.39.